The Balaban J connectivity index is 1.22. The molecule has 9 rings (SSSR count). The summed E-state index contributed by atoms with van der Waals surface area (Å²) in [5.41, 5.74) is 12.3. The number of rotatable bonds is 4. The van der Waals surface area contributed by atoms with Gasteiger partial charge in [0.2, 0.25) is 0 Å². The number of nitrogens with zero attached hydrogens (tertiary/aromatic N) is 4. The molecular weight excluding hydrogens is 564 g/mol. The first-order valence-corrected chi connectivity index (χ1v) is 15.5. The van der Waals surface area contributed by atoms with Crippen LogP contribution in [0.2, 0.25) is 0 Å². The predicted octanol–water partition coefficient (Wildman–Crippen LogP) is 10.1. The first-order chi connectivity index (χ1) is 22.5. The van der Waals surface area contributed by atoms with Crippen molar-refractivity contribution in [3.8, 4) is 56.4 Å². The zero-order chi connectivity index (χ0) is 30.8. The third-order valence-corrected chi connectivity index (χ3v) is 9.18. The summed E-state index contributed by atoms with van der Waals surface area (Å²) in [4.78, 5) is 19.8. The SMILES string of the molecule is CC1(C)c2cc(-c3nc(-c4ccccc4)nc(-c4cccc(-c5ccccc5)c4)n3)ccc2-c2c1ccc1oc3cccnc3c21. The Morgan fingerprint density at radius 1 is 0.500 bits per heavy atom. The summed E-state index contributed by atoms with van der Waals surface area (Å²) in [5.74, 6) is 1.93. The van der Waals surface area contributed by atoms with E-state index in [-0.39, 0.29) is 5.41 Å². The van der Waals surface area contributed by atoms with E-state index < -0.39 is 0 Å². The molecule has 0 bridgehead atoms. The van der Waals surface area contributed by atoms with Gasteiger partial charge in [-0.1, -0.05) is 111 Å². The average Bonchev–Trinajstić information content (AvgIpc) is 3.60. The summed E-state index contributed by atoms with van der Waals surface area (Å²) in [5, 5.41) is 1.07. The van der Waals surface area contributed by atoms with Gasteiger partial charge in [0.05, 0.1) is 5.39 Å². The fraction of sp³-hybridized carbons (Fsp3) is 0.0732. The van der Waals surface area contributed by atoms with E-state index in [2.05, 4.69) is 92.7 Å². The Bertz CT molecular complexity index is 2450. The molecule has 0 saturated heterocycles. The van der Waals surface area contributed by atoms with Gasteiger partial charge >= 0.3 is 0 Å². The number of pyridine rings is 1. The molecule has 0 aliphatic heterocycles. The molecule has 0 amide bonds. The monoisotopic (exact) mass is 592 g/mol. The molecule has 218 valence electrons. The van der Waals surface area contributed by atoms with E-state index >= 15 is 0 Å². The van der Waals surface area contributed by atoms with E-state index in [1.54, 1.807) is 0 Å². The van der Waals surface area contributed by atoms with Gasteiger partial charge in [0, 0.05) is 28.3 Å². The van der Waals surface area contributed by atoms with Gasteiger partial charge < -0.3 is 4.42 Å². The van der Waals surface area contributed by atoms with Crippen molar-refractivity contribution in [1.82, 2.24) is 19.9 Å². The third-order valence-electron chi connectivity index (χ3n) is 9.18. The van der Waals surface area contributed by atoms with E-state index in [4.69, 9.17) is 24.4 Å². The van der Waals surface area contributed by atoms with Crippen LogP contribution in [0.5, 0.6) is 0 Å². The number of furan rings is 1. The van der Waals surface area contributed by atoms with Crippen molar-refractivity contribution in [2.75, 3.05) is 0 Å². The lowest BCUT2D eigenvalue weighted by Gasteiger charge is -2.22. The van der Waals surface area contributed by atoms with Gasteiger partial charge in [0.15, 0.2) is 23.1 Å². The Morgan fingerprint density at radius 3 is 1.91 bits per heavy atom. The fourth-order valence-corrected chi connectivity index (χ4v) is 6.87. The van der Waals surface area contributed by atoms with Gasteiger partial charge in [-0.2, -0.15) is 0 Å². The van der Waals surface area contributed by atoms with Crippen molar-refractivity contribution in [3.05, 3.63) is 145 Å². The van der Waals surface area contributed by atoms with Gasteiger partial charge in [0.25, 0.3) is 0 Å². The molecule has 0 saturated carbocycles. The van der Waals surface area contributed by atoms with Gasteiger partial charge in [-0.25, -0.2) is 15.0 Å². The number of fused-ring (bicyclic) bond motifs is 7. The minimum atomic E-state index is -0.241. The quantitative estimate of drug-likeness (QED) is 0.203. The second-order valence-electron chi connectivity index (χ2n) is 12.3. The second kappa shape index (κ2) is 10.0. The number of aromatic nitrogens is 4. The Morgan fingerprint density at radius 2 is 1.15 bits per heavy atom. The highest BCUT2D eigenvalue weighted by molar-refractivity contribution is 6.13. The Hall–Kier alpha value is -5.94. The molecule has 3 aromatic heterocycles. The van der Waals surface area contributed by atoms with Gasteiger partial charge in [0.1, 0.15) is 11.1 Å². The van der Waals surface area contributed by atoms with Crippen molar-refractivity contribution >= 4 is 22.1 Å². The van der Waals surface area contributed by atoms with Crippen molar-refractivity contribution < 1.29 is 4.42 Å². The molecular formula is C41H28N4O. The summed E-state index contributed by atoms with van der Waals surface area (Å²) in [6, 6.07) is 43.7. The molecule has 0 N–H and O–H groups in total. The highest BCUT2D eigenvalue weighted by Gasteiger charge is 2.38. The molecule has 5 aromatic carbocycles. The van der Waals surface area contributed by atoms with E-state index in [0.29, 0.717) is 17.5 Å². The maximum absolute atomic E-state index is 6.21. The van der Waals surface area contributed by atoms with Crippen LogP contribution in [0.15, 0.2) is 138 Å². The minimum Gasteiger partial charge on any atom is -0.454 e. The first kappa shape index (κ1) is 26.5. The van der Waals surface area contributed by atoms with Crippen LogP contribution in [0.3, 0.4) is 0 Å². The number of hydrogen-bond acceptors (Lipinski definition) is 5. The molecule has 5 nitrogen and oxygen atoms in total. The molecule has 8 aromatic rings. The standard InChI is InChI=1S/C41H28N4O/c1-41(2)31-20-21-33-36(37-34(46-33)17-10-22-42-37)35(31)30-19-18-29(24-32(30)41)40-44-38(26-13-7-4-8-14-26)43-39(45-40)28-16-9-15-27(23-28)25-11-5-3-6-12-25/h3-24H,1-2H3. The van der Waals surface area contributed by atoms with Gasteiger partial charge in [-0.15, -0.1) is 0 Å². The lowest BCUT2D eigenvalue weighted by atomic mass is 9.82. The Labute approximate surface area is 266 Å². The Kier molecular flexibility index (Phi) is 5.78. The van der Waals surface area contributed by atoms with Crippen LogP contribution in [0.4, 0.5) is 0 Å². The molecule has 0 radical (unpaired) electrons. The summed E-state index contributed by atoms with van der Waals surface area (Å²) in [6.45, 7) is 4.57. The van der Waals surface area contributed by atoms with Crippen LogP contribution in [-0.4, -0.2) is 19.9 Å². The van der Waals surface area contributed by atoms with E-state index in [9.17, 15) is 0 Å². The van der Waals surface area contributed by atoms with Crippen molar-refractivity contribution in [3.63, 3.8) is 0 Å². The number of hydrogen-bond donors (Lipinski definition) is 0. The maximum atomic E-state index is 6.21. The minimum absolute atomic E-state index is 0.241. The molecule has 1 aliphatic carbocycles. The molecule has 1 aliphatic rings. The highest BCUT2D eigenvalue weighted by atomic mass is 16.3. The maximum Gasteiger partial charge on any atom is 0.164 e. The van der Waals surface area contributed by atoms with Gasteiger partial charge in [-0.05, 0) is 63.7 Å². The van der Waals surface area contributed by atoms with Crippen LogP contribution < -0.4 is 0 Å². The van der Waals surface area contributed by atoms with Crippen LogP contribution in [0.1, 0.15) is 25.0 Å². The van der Waals surface area contributed by atoms with E-state index in [0.717, 1.165) is 49.9 Å². The predicted molar refractivity (Wildman–Crippen MR) is 184 cm³/mol. The average molecular weight is 593 g/mol. The van der Waals surface area contributed by atoms with Crippen LogP contribution >= 0.6 is 0 Å². The topological polar surface area (TPSA) is 64.7 Å². The molecule has 0 unspecified atom stereocenters. The van der Waals surface area contributed by atoms with E-state index in [1.165, 1.54) is 22.3 Å². The molecule has 46 heavy (non-hydrogen) atoms. The zero-order valence-corrected chi connectivity index (χ0v) is 25.4. The second-order valence-corrected chi connectivity index (χ2v) is 12.3. The summed E-state index contributed by atoms with van der Waals surface area (Å²) in [7, 11) is 0. The summed E-state index contributed by atoms with van der Waals surface area (Å²) < 4.78 is 6.21. The molecule has 0 spiro atoms. The summed E-state index contributed by atoms with van der Waals surface area (Å²) >= 11 is 0. The molecule has 3 heterocycles. The van der Waals surface area contributed by atoms with E-state index in [1.807, 2.05) is 54.7 Å². The van der Waals surface area contributed by atoms with Crippen LogP contribution in [0, 0.1) is 0 Å². The zero-order valence-electron chi connectivity index (χ0n) is 25.4. The first-order valence-electron chi connectivity index (χ1n) is 15.5. The molecule has 0 atom stereocenters. The van der Waals surface area contributed by atoms with Crippen LogP contribution in [0.25, 0.3) is 78.5 Å². The van der Waals surface area contributed by atoms with Gasteiger partial charge in [-0.3, -0.25) is 4.98 Å². The smallest absolute Gasteiger partial charge is 0.164 e. The normalized spacial score (nSPS) is 13.2. The lowest BCUT2D eigenvalue weighted by molar-refractivity contribution is 0.656. The number of benzene rings is 5. The van der Waals surface area contributed by atoms with Crippen molar-refractivity contribution in [2.24, 2.45) is 0 Å². The molecule has 0 fully saturated rings. The summed E-state index contributed by atoms with van der Waals surface area (Å²) in [6.07, 6.45) is 1.83. The lowest BCUT2D eigenvalue weighted by Crippen LogP contribution is -2.15. The van der Waals surface area contributed by atoms with Crippen LogP contribution in [-0.2, 0) is 5.41 Å². The van der Waals surface area contributed by atoms with Crippen molar-refractivity contribution in [1.29, 1.82) is 0 Å². The largest absolute Gasteiger partial charge is 0.454 e. The fourth-order valence-electron chi connectivity index (χ4n) is 6.87. The highest BCUT2D eigenvalue weighted by Crippen LogP contribution is 2.53. The molecule has 5 heteroatoms. The van der Waals surface area contributed by atoms with Crippen molar-refractivity contribution in [2.45, 2.75) is 19.3 Å². The third kappa shape index (κ3) is 4.09.